The van der Waals surface area contributed by atoms with Gasteiger partial charge in [0.15, 0.2) is 6.61 Å². The number of halogens is 2. The van der Waals surface area contributed by atoms with Gasteiger partial charge in [-0.1, -0.05) is 0 Å². The highest BCUT2D eigenvalue weighted by Crippen LogP contribution is 2.15. The lowest BCUT2D eigenvalue weighted by molar-refractivity contribution is -0.118. The second kappa shape index (κ2) is 8.71. The summed E-state index contributed by atoms with van der Waals surface area (Å²) in [5.41, 5.74) is 1.98. The first kappa shape index (κ1) is 18.3. The molecule has 0 aliphatic heterocycles. The zero-order chi connectivity index (χ0) is 19.1. The van der Waals surface area contributed by atoms with Gasteiger partial charge in [0, 0.05) is 11.9 Å². The number of nitrogens with one attached hydrogen (secondary N) is 1. The fraction of sp³-hybridized carbons (Fsp3) is 0.0476. The van der Waals surface area contributed by atoms with E-state index in [1.54, 1.807) is 42.6 Å². The first-order chi connectivity index (χ1) is 13.1. The Morgan fingerprint density at radius 2 is 1.48 bits per heavy atom. The van der Waals surface area contributed by atoms with Crippen LogP contribution in [0.3, 0.4) is 0 Å². The highest BCUT2D eigenvalue weighted by Gasteiger charge is 2.04. The van der Waals surface area contributed by atoms with Crippen LogP contribution in [0.1, 0.15) is 5.56 Å². The number of carbonyl (C=O) groups is 1. The minimum Gasteiger partial charge on any atom is -0.484 e. The Balaban J connectivity index is 1.50. The molecule has 0 unspecified atom stereocenters. The smallest absolute Gasteiger partial charge is 0.262 e. The molecule has 0 radical (unpaired) electrons. The SMILES string of the molecule is O=C(COc1ccc(C=Nc2ccc(F)cc2)cc1)Nc1ccc(F)cc1. The number of ether oxygens (including phenoxy) is 1. The third kappa shape index (κ3) is 5.74. The molecule has 3 rings (SSSR count). The predicted octanol–water partition coefficient (Wildman–Crippen LogP) is 4.73. The fourth-order valence-electron chi connectivity index (χ4n) is 2.21. The Morgan fingerprint density at radius 3 is 2.11 bits per heavy atom. The number of rotatable bonds is 6. The van der Waals surface area contributed by atoms with Gasteiger partial charge < -0.3 is 10.1 Å². The number of hydrogen-bond donors (Lipinski definition) is 1. The molecule has 136 valence electrons. The van der Waals surface area contributed by atoms with Gasteiger partial charge in [-0.25, -0.2) is 8.78 Å². The lowest BCUT2D eigenvalue weighted by Crippen LogP contribution is -2.20. The summed E-state index contributed by atoms with van der Waals surface area (Å²) in [6.45, 7) is -0.166. The average Bonchev–Trinajstić information content (AvgIpc) is 2.68. The molecule has 0 bridgehead atoms. The lowest BCUT2D eigenvalue weighted by Gasteiger charge is -2.07. The maximum atomic E-state index is 12.9. The van der Waals surface area contributed by atoms with Crippen LogP contribution >= 0.6 is 0 Å². The molecule has 0 aliphatic rings. The van der Waals surface area contributed by atoms with Crippen molar-refractivity contribution in [1.29, 1.82) is 0 Å². The summed E-state index contributed by atoms with van der Waals surface area (Å²) in [7, 11) is 0. The van der Waals surface area contributed by atoms with E-state index < -0.39 is 0 Å². The van der Waals surface area contributed by atoms with E-state index in [0.29, 0.717) is 17.1 Å². The Morgan fingerprint density at radius 1 is 0.889 bits per heavy atom. The summed E-state index contributed by atoms with van der Waals surface area (Å²) in [5, 5.41) is 2.61. The van der Waals surface area contributed by atoms with Crippen molar-refractivity contribution in [3.8, 4) is 5.75 Å². The minimum absolute atomic E-state index is 0.166. The Labute approximate surface area is 155 Å². The molecule has 4 nitrogen and oxygen atoms in total. The van der Waals surface area contributed by atoms with Crippen molar-refractivity contribution in [2.45, 2.75) is 0 Å². The van der Waals surface area contributed by atoms with Gasteiger partial charge in [0.25, 0.3) is 5.91 Å². The van der Waals surface area contributed by atoms with Crippen LogP contribution in [0.25, 0.3) is 0 Å². The third-order valence-corrected chi connectivity index (χ3v) is 3.57. The molecule has 0 fully saturated rings. The molecule has 0 spiro atoms. The van der Waals surface area contributed by atoms with Gasteiger partial charge in [0.05, 0.1) is 5.69 Å². The largest absolute Gasteiger partial charge is 0.484 e. The topological polar surface area (TPSA) is 50.7 Å². The van der Waals surface area contributed by atoms with Crippen LogP contribution in [0.4, 0.5) is 20.2 Å². The average molecular weight is 366 g/mol. The number of nitrogens with zero attached hydrogens (tertiary/aromatic N) is 1. The van der Waals surface area contributed by atoms with E-state index in [1.165, 1.54) is 36.4 Å². The molecule has 0 saturated carbocycles. The maximum Gasteiger partial charge on any atom is 0.262 e. The molecule has 1 amide bonds. The van der Waals surface area contributed by atoms with Crippen LogP contribution in [0.2, 0.25) is 0 Å². The summed E-state index contributed by atoms with van der Waals surface area (Å²) in [6.07, 6.45) is 1.65. The summed E-state index contributed by atoms with van der Waals surface area (Å²) in [5.74, 6) is -0.488. The highest BCUT2D eigenvalue weighted by molar-refractivity contribution is 5.91. The molecular formula is C21H16F2N2O2. The number of amides is 1. The van der Waals surface area contributed by atoms with E-state index in [1.807, 2.05) is 0 Å². The molecule has 3 aromatic rings. The molecule has 3 aromatic carbocycles. The molecule has 6 heteroatoms. The Hall–Kier alpha value is -3.54. The quantitative estimate of drug-likeness (QED) is 0.641. The van der Waals surface area contributed by atoms with Crippen LogP contribution in [-0.4, -0.2) is 18.7 Å². The lowest BCUT2D eigenvalue weighted by atomic mass is 10.2. The monoisotopic (exact) mass is 366 g/mol. The molecule has 1 N–H and O–H groups in total. The van der Waals surface area contributed by atoms with Crippen LogP contribution in [0, 0.1) is 11.6 Å². The number of benzene rings is 3. The summed E-state index contributed by atoms with van der Waals surface area (Å²) in [4.78, 5) is 16.1. The van der Waals surface area contributed by atoms with Gasteiger partial charge in [-0.2, -0.15) is 0 Å². The van der Waals surface area contributed by atoms with Crippen molar-refractivity contribution in [1.82, 2.24) is 0 Å². The molecule has 0 saturated heterocycles. The highest BCUT2D eigenvalue weighted by atomic mass is 19.1. The Kier molecular flexibility index (Phi) is 5.89. The van der Waals surface area contributed by atoms with Crippen molar-refractivity contribution in [2.75, 3.05) is 11.9 Å². The van der Waals surface area contributed by atoms with Crippen molar-refractivity contribution in [3.05, 3.63) is 90.0 Å². The van der Waals surface area contributed by atoms with E-state index in [-0.39, 0.29) is 24.1 Å². The van der Waals surface area contributed by atoms with Gasteiger partial charge >= 0.3 is 0 Å². The van der Waals surface area contributed by atoms with E-state index in [4.69, 9.17) is 4.74 Å². The second-order valence-corrected chi connectivity index (χ2v) is 5.65. The van der Waals surface area contributed by atoms with Crippen LogP contribution in [0.15, 0.2) is 77.8 Å². The van der Waals surface area contributed by atoms with E-state index in [9.17, 15) is 13.6 Å². The van der Waals surface area contributed by atoms with Crippen LogP contribution < -0.4 is 10.1 Å². The van der Waals surface area contributed by atoms with Gasteiger partial charge in [-0.3, -0.25) is 9.79 Å². The summed E-state index contributed by atoms with van der Waals surface area (Å²) >= 11 is 0. The van der Waals surface area contributed by atoms with Crippen molar-refractivity contribution >= 4 is 23.5 Å². The summed E-state index contributed by atoms with van der Waals surface area (Å²) < 4.78 is 31.1. The third-order valence-electron chi connectivity index (χ3n) is 3.57. The van der Waals surface area contributed by atoms with Gasteiger partial charge in [0.1, 0.15) is 17.4 Å². The predicted molar refractivity (Wildman–Crippen MR) is 101 cm³/mol. The van der Waals surface area contributed by atoms with Crippen molar-refractivity contribution in [3.63, 3.8) is 0 Å². The number of aliphatic imine (C=N–C) groups is 1. The van der Waals surface area contributed by atoms with E-state index in [2.05, 4.69) is 10.3 Å². The number of anilines is 1. The number of hydrogen-bond acceptors (Lipinski definition) is 3. The minimum atomic E-state index is -0.368. The van der Waals surface area contributed by atoms with Crippen molar-refractivity contribution in [2.24, 2.45) is 4.99 Å². The Bertz CT molecular complexity index is 922. The van der Waals surface area contributed by atoms with E-state index in [0.717, 1.165) is 5.56 Å². The normalized spacial score (nSPS) is 10.7. The second-order valence-electron chi connectivity index (χ2n) is 5.65. The van der Waals surface area contributed by atoms with Crippen molar-refractivity contribution < 1.29 is 18.3 Å². The molecule has 27 heavy (non-hydrogen) atoms. The molecule has 0 heterocycles. The standard InChI is InChI=1S/C21H16F2N2O2/c22-16-3-7-18(8-4-16)24-13-15-1-11-20(12-2-15)27-14-21(26)25-19-9-5-17(23)6-10-19/h1-13H,14H2,(H,25,26). The summed E-state index contributed by atoms with van der Waals surface area (Å²) in [6, 6.07) is 18.4. The zero-order valence-corrected chi connectivity index (χ0v) is 14.2. The van der Waals surface area contributed by atoms with Gasteiger partial charge in [-0.15, -0.1) is 0 Å². The van der Waals surface area contributed by atoms with E-state index >= 15 is 0 Å². The van der Waals surface area contributed by atoms with Gasteiger partial charge in [-0.05, 0) is 78.4 Å². The maximum absolute atomic E-state index is 12.9. The fourth-order valence-corrected chi connectivity index (χ4v) is 2.21. The molecule has 0 aromatic heterocycles. The van der Waals surface area contributed by atoms with Crippen LogP contribution in [-0.2, 0) is 4.79 Å². The molecule has 0 aliphatic carbocycles. The molecule has 0 atom stereocenters. The number of carbonyl (C=O) groups excluding carboxylic acids is 1. The van der Waals surface area contributed by atoms with Gasteiger partial charge in [0.2, 0.25) is 0 Å². The first-order valence-electron chi connectivity index (χ1n) is 8.16. The van der Waals surface area contributed by atoms with Crippen LogP contribution in [0.5, 0.6) is 5.75 Å². The first-order valence-corrected chi connectivity index (χ1v) is 8.16. The molecular weight excluding hydrogens is 350 g/mol. The zero-order valence-electron chi connectivity index (χ0n) is 14.2.